The lowest BCUT2D eigenvalue weighted by Crippen LogP contribution is -1.98. The highest BCUT2D eigenvalue weighted by Crippen LogP contribution is 2.38. The fourth-order valence-electron chi connectivity index (χ4n) is 5.72. The minimum Gasteiger partial charge on any atom is -0.317 e. The molecule has 0 aliphatic heterocycles. The Balaban J connectivity index is 1.59. The molecular formula is C35H26N2. The molecule has 7 aromatic rings. The van der Waals surface area contributed by atoms with Crippen LogP contribution < -0.4 is 0 Å². The van der Waals surface area contributed by atoms with Crippen LogP contribution >= 0.6 is 0 Å². The van der Waals surface area contributed by atoms with Crippen LogP contribution in [-0.4, -0.2) is 9.13 Å². The molecule has 2 aromatic heterocycles. The number of aromatic nitrogens is 2. The SMILES string of the molecule is C=Cc1c(/C=C\C)c2ccc3cc4c(ccn4-c4ccccc4)cc3c2n1-c1ccc2ccccc2c1. The van der Waals surface area contributed by atoms with Crippen LogP contribution in [0.25, 0.3) is 66.9 Å². The lowest BCUT2D eigenvalue weighted by atomic mass is 10.0. The van der Waals surface area contributed by atoms with Gasteiger partial charge in [-0.25, -0.2) is 0 Å². The molecule has 0 radical (unpaired) electrons. The number of para-hydroxylation sites is 1. The van der Waals surface area contributed by atoms with Crippen LogP contribution in [0.15, 0.2) is 122 Å². The Labute approximate surface area is 216 Å². The molecule has 0 amide bonds. The van der Waals surface area contributed by atoms with E-state index < -0.39 is 0 Å². The Morgan fingerprint density at radius 3 is 2.24 bits per heavy atom. The van der Waals surface area contributed by atoms with Crippen LogP contribution in [0.5, 0.6) is 0 Å². The van der Waals surface area contributed by atoms with E-state index in [1.807, 2.05) is 6.08 Å². The normalized spacial score (nSPS) is 11.9. The third kappa shape index (κ3) is 3.26. The smallest absolute Gasteiger partial charge is 0.0619 e. The summed E-state index contributed by atoms with van der Waals surface area (Å²) in [6.45, 7) is 6.30. The van der Waals surface area contributed by atoms with Crippen molar-refractivity contribution in [2.75, 3.05) is 0 Å². The second kappa shape index (κ2) is 8.39. The maximum atomic E-state index is 4.23. The van der Waals surface area contributed by atoms with Crippen molar-refractivity contribution in [3.05, 3.63) is 133 Å². The van der Waals surface area contributed by atoms with E-state index in [4.69, 9.17) is 0 Å². The number of hydrogen-bond acceptors (Lipinski definition) is 0. The van der Waals surface area contributed by atoms with Gasteiger partial charge in [0.1, 0.15) is 0 Å². The van der Waals surface area contributed by atoms with Gasteiger partial charge in [0.05, 0.1) is 16.7 Å². The molecule has 0 bridgehead atoms. The number of allylic oxidation sites excluding steroid dienone is 1. The predicted molar refractivity (Wildman–Crippen MR) is 160 cm³/mol. The van der Waals surface area contributed by atoms with Crippen LogP contribution in [0.1, 0.15) is 18.2 Å². The summed E-state index contributed by atoms with van der Waals surface area (Å²) in [6.07, 6.45) is 8.46. The van der Waals surface area contributed by atoms with E-state index >= 15 is 0 Å². The van der Waals surface area contributed by atoms with Gasteiger partial charge in [0.2, 0.25) is 0 Å². The highest BCUT2D eigenvalue weighted by atomic mass is 15.0. The molecule has 0 aliphatic carbocycles. The fraction of sp³-hybridized carbons (Fsp3) is 0.0286. The van der Waals surface area contributed by atoms with Crippen molar-refractivity contribution >= 4 is 55.5 Å². The summed E-state index contributed by atoms with van der Waals surface area (Å²) in [6, 6.07) is 37.2. The van der Waals surface area contributed by atoms with Crippen LogP contribution in [0.4, 0.5) is 0 Å². The lowest BCUT2D eigenvalue weighted by Gasteiger charge is -2.13. The first-order valence-electron chi connectivity index (χ1n) is 12.7. The largest absolute Gasteiger partial charge is 0.317 e. The summed E-state index contributed by atoms with van der Waals surface area (Å²) >= 11 is 0. The zero-order valence-corrected chi connectivity index (χ0v) is 20.7. The van der Waals surface area contributed by atoms with Gasteiger partial charge in [-0.3, -0.25) is 0 Å². The summed E-state index contributed by atoms with van der Waals surface area (Å²) in [7, 11) is 0. The van der Waals surface area contributed by atoms with Crippen molar-refractivity contribution in [2.24, 2.45) is 0 Å². The lowest BCUT2D eigenvalue weighted by molar-refractivity contribution is 1.11. The molecule has 176 valence electrons. The first-order valence-corrected chi connectivity index (χ1v) is 12.7. The molecule has 7 rings (SSSR count). The minimum atomic E-state index is 1.11. The van der Waals surface area contributed by atoms with Crippen LogP contribution in [-0.2, 0) is 0 Å². The minimum absolute atomic E-state index is 1.11. The monoisotopic (exact) mass is 474 g/mol. The third-order valence-corrected chi connectivity index (χ3v) is 7.38. The maximum Gasteiger partial charge on any atom is 0.0619 e. The Hall–Kier alpha value is -4.82. The molecule has 0 atom stereocenters. The third-order valence-electron chi connectivity index (χ3n) is 7.38. The molecule has 2 heteroatoms. The van der Waals surface area contributed by atoms with E-state index in [9.17, 15) is 0 Å². The zero-order valence-electron chi connectivity index (χ0n) is 20.7. The summed E-state index contributed by atoms with van der Waals surface area (Å²) < 4.78 is 4.65. The number of benzene rings is 5. The molecule has 0 saturated heterocycles. The fourth-order valence-corrected chi connectivity index (χ4v) is 5.72. The van der Waals surface area contributed by atoms with Gasteiger partial charge in [-0.15, -0.1) is 0 Å². The van der Waals surface area contributed by atoms with Gasteiger partial charge in [-0.05, 0) is 71.6 Å². The first-order chi connectivity index (χ1) is 18.3. The molecule has 5 aromatic carbocycles. The average molecular weight is 475 g/mol. The Bertz CT molecular complexity index is 2000. The standard InChI is InChI=1S/C35H26N2/c1-3-10-30-31-18-16-26-23-34-27(19-20-36(34)28-13-6-5-7-14-28)22-32(26)35(31)37(33(30)4-2)29-17-15-24-11-8-9-12-25(24)21-29/h3-23H,2H2,1H3/b10-3-. The molecule has 0 unspecified atom stereocenters. The van der Waals surface area contributed by atoms with Crippen molar-refractivity contribution < 1.29 is 0 Å². The highest BCUT2D eigenvalue weighted by molar-refractivity contribution is 6.14. The molecule has 2 heterocycles. The van der Waals surface area contributed by atoms with E-state index in [0.29, 0.717) is 0 Å². The van der Waals surface area contributed by atoms with Crippen molar-refractivity contribution in [1.82, 2.24) is 9.13 Å². The number of nitrogens with zero attached hydrogens (tertiary/aromatic N) is 2. The molecule has 0 fully saturated rings. The molecule has 2 nitrogen and oxygen atoms in total. The van der Waals surface area contributed by atoms with Crippen LogP contribution in [0.2, 0.25) is 0 Å². The molecule has 0 saturated carbocycles. The van der Waals surface area contributed by atoms with Crippen LogP contribution in [0, 0.1) is 0 Å². The van der Waals surface area contributed by atoms with E-state index in [-0.39, 0.29) is 0 Å². The van der Waals surface area contributed by atoms with Crippen molar-refractivity contribution in [3.63, 3.8) is 0 Å². The molecule has 37 heavy (non-hydrogen) atoms. The molecule has 0 aliphatic rings. The van der Waals surface area contributed by atoms with Gasteiger partial charge in [0.15, 0.2) is 0 Å². The summed E-state index contributed by atoms with van der Waals surface area (Å²) in [5, 5.41) is 7.39. The second-order valence-electron chi connectivity index (χ2n) is 9.49. The number of fused-ring (bicyclic) bond motifs is 5. The van der Waals surface area contributed by atoms with Crippen LogP contribution in [0.3, 0.4) is 0 Å². The van der Waals surface area contributed by atoms with Crippen molar-refractivity contribution in [3.8, 4) is 11.4 Å². The van der Waals surface area contributed by atoms with Gasteiger partial charge in [-0.1, -0.05) is 79.4 Å². The molecule has 0 N–H and O–H groups in total. The topological polar surface area (TPSA) is 9.86 Å². The van der Waals surface area contributed by atoms with Gasteiger partial charge < -0.3 is 9.13 Å². The first kappa shape index (κ1) is 21.5. The van der Waals surface area contributed by atoms with E-state index in [0.717, 1.165) is 11.4 Å². The van der Waals surface area contributed by atoms with Gasteiger partial charge >= 0.3 is 0 Å². The Morgan fingerprint density at radius 2 is 1.43 bits per heavy atom. The Kier molecular flexibility index (Phi) is 4.87. The average Bonchev–Trinajstić information content (AvgIpc) is 3.51. The van der Waals surface area contributed by atoms with E-state index in [1.165, 1.54) is 54.6 Å². The van der Waals surface area contributed by atoms with Crippen molar-refractivity contribution in [2.45, 2.75) is 6.92 Å². The number of hydrogen-bond donors (Lipinski definition) is 0. The quantitative estimate of drug-likeness (QED) is 0.240. The predicted octanol–water partition coefficient (Wildman–Crippen LogP) is 9.56. The Morgan fingerprint density at radius 1 is 0.649 bits per heavy atom. The molecular weight excluding hydrogens is 448 g/mol. The van der Waals surface area contributed by atoms with E-state index in [1.54, 1.807) is 0 Å². The second-order valence-corrected chi connectivity index (χ2v) is 9.49. The summed E-state index contributed by atoms with van der Waals surface area (Å²) in [5.41, 5.74) is 7.04. The summed E-state index contributed by atoms with van der Waals surface area (Å²) in [5.74, 6) is 0. The molecule has 0 spiro atoms. The highest BCUT2D eigenvalue weighted by Gasteiger charge is 2.18. The van der Waals surface area contributed by atoms with Crippen molar-refractivity contribution in [1.29, 1.82) is 0 Å². The zero-order chi connectivity index (χ0) is 24.9. The van der Waals surface area contributed by atoms with Gasteiger partial charge in [0.25, 0.3) is 0 Å². The maximum absolute atomic E-state index is 4.23. The van der Waals surface area contributed by atoms with E-state index in [2.05, 4.69) is 144 Å². The summed E-state index contributed by atoms with van der Waals surface area (Å²) in [4.78, 5) is 0. The number of rotatable bonds is 4. The van der Waals surface area contributed by atoms with Gasteiger partial charge in [0, 0.05) is 39.3 Å². The van der Waals surface area contributed by atoms with Gasteiger partial charge in [-0.2, -0.15) is 0 Å².